The molecule has 0 aromatic carbocycles. The first kappa shape index (κ1) is 18.9. The summed E-state index contributed by atoms with van der Waals surface area (Å²) in [7, 11) is 1.51. The van der Waals surface area contributed by atoms with E-state index in [1.807, 2.05) is 6.08 Å². The van der Waals surface area contributed by atoms with E-state index in [9.17, 15) is 14.7 Å². The molecule has 0 aromatic heterocycles. The molecule has 5 heteroatoms. The second-order valence-electron chi connectivity index (χ2n) is 8.31. The Morgan fingerprint density at radius 2 is 2.15 bits per heavy atom. The molecular formula is C21H28O5. The number of carbonyl (C=O) groups excluding carboxylic acids is 1. The Kier molecular flexibility index (Phi) is 4.86. The number of rotatable bonds is 5. The molecule has 2 aliphatic carbocycles. The molecule has 1 aliphatic heterocycles. The zero-order chi connectivity index (χ0) is 19.1. The highest BCUT2D eigenvalue weighted by Gasteiger charge is 2.54. The maximum Gasteiger partial charge on any atom is 0.336 e. The number of carbonyl (C=O) groups is 2. The van der Waals surface area contributed by atoms with Crippen molar-refractivity contribution in [3.8, 4) is 0 Å². The Morgan fingerprint density at radius 1 is 1.42 bits per heavy atom. The summed E-state index contributed by atoms with van der Waals surface area (Å²) < 4.78 is 10.2. The third-order valence-electron chi connectivity index (χ3n) is 7.02. The summed E-state index contributed by atoms with van der Waals surface area (Å²) in [4.78, 5) is 23.8. The van der Waals surface area contributed by atoms with Crippen LogP contribution in [0.25, 0.3) is 0 Å². The molecule has 1 fully saturated rings. The molecule has 1 heterocycles. The van der Waals surface area contributed by atoms with Gasteiger partial charge in [0.1, 0.15) is 0 Å². The van der Waals surface area contributed by atoms with Crippen LogP contribution in [0, 0.1) is 22.7 Å². The highest BCUT2D eigenvalue weighted by atomic mass is 16.7. The molecule has 0 radical (unpaired) electrons. The second kappa shape index (κ2) is 6.69. The van der Waals surface area contributed by atoms with E-state index in [1.165, 1.54) is 7.11 Å². The van der Waals surface area contributed by atoms with Crippen LogP contribution < -0.4 is 0 Å². The molecule has 0 amide bonds. The summed E-state index contributed by atoms with van der Waals surface area (Å²) in [6, 6.07) is 0. The lowest BCUT2D eigenvalue weighted by Crippen LogP contribution is -2.49. The first-order valence-corrected chi connectivity index (χ1v) is 9.29. The number of aliphatic carboxylic acids is 1. The number of methoxy groups -OCH3 is 1. The SMILES string of the molecule is COC1C=C(CCC2(C)C(C)CCC3(C)C(C(=O)O)=CC=CC32)C(=O)O1. The average Bonchev–Trinajstić information content (AvgIpc) is 2.96. The fourth-order valence-corrected chi connectivity index (χ4v) is 5.09. The molecule has 0 bridgehead atoms. The van der Waals surface area contributed by atoms with Gasteiger partial charge in [-0.15, -0.1) is 0 Å². The van der Waals surface area contributed by atoms with Crippen molar-refractivity contribution < 1.29 is 24.2 Å². The maximum atomic E-state index is 12.0. The van der Waals surface area contributed by atoms with Crippen molar-refractivity contribution in [2.75, 3.05) is 7.11 Å². The number of cyclic esters (lactones) is 1. The summed E-state index contributed by atoms with van der Waals surface area (Å²) in [5.41, 5.74) is 0.695. The van der Waals surface area contributed by atoms with Crippen molar-refractivity contribution in [1.82, 2.24) is 0 Å². The number of carboxylic acid groups (broad SMARTS) is 1. The van der Waals surface area contributed by atoms with Gasteiger partial charge in [0.2, 0.25) is 6.29 Å². The molecule has 0 spiro atoms. The average molecular weight is 360 g/mol. The van der Waals surface area contributed by atoms with Crippen molar-refractivity contribution in [3.05, 3.63) is 35.5 Å². The van der Waals surface area contributed by atoms with E-state index < -0.39 is 12.3 Å². The maximum absolute atomic E-state index is 12.0. The van der Waals surface area contributed by atoms with Gasteiger partial charge in [-0.25, -0.2) is 9.59 Å². The Hall–Kier alpha value is -1.88. The van der Waals surface area contributed by atoms with Crippen LogP contribution in [0.3, 0.4) is 0 Å². The number of hydrogen-bond acceptors (Lipinski definition) is 4. The first-order chi connectivity index (χ1) is 12.2. The molecule has 5 atom stereocenters. The van der Waals surface area contributed by atoms with Gasteiger partial charge in [0, 0.05) is 23.7 Å². The van der Waals surface area contributed by atoms with Gasteiger partial charge in [-0.05, 0) is 49.0 Å². The van der Waals surface area contributed by atoms with E-state index in [-0.39, 0.29) is 22.7 Å². The van der Waals surface area contributed by atoms with Crippen LogP contribution in [0.5, 0.6) is 0 Å². The lowest BCUT2D eigenvalue weighted by molar-refractivity contribution is -0.155. The van der Waals surface area contributed by atoms with Crippen molar-refractivity contribution in [1.29, 1.82) is 0 Å². The van der Waals surface area contributed by atoms with Gasteiger partial charge in [-0.1, -0.05) is 39.0 Å². The summed E-state index contributed by atoms with van der Waals surface area (Å²) in [5.74, 6) is -0.568. The smallest absolute Gasteiger partial charge is 0.336 e. The van der Waals surface area contributed by atoms with E-state index >= 15 is 0 Å². The van der Waals surface area contributed by atoms with E-state index in [2.05, 4.69) is 26.8 Å². The monoisotopic (exact) mass is 360 g/mol. The topological polar surface area (TPSA) is 72.8 Å². The van der Waals surface area contributed by atoms with Gasteiger partial charge < -0.3 is 14.6 Å². The number of allylic oxidation sites excluding steroid dienone is 3. The standard InChI is InChI=1S/C21H28O5/c1-13-8-10-21(3)15(18(22)23)6-5-7-16(21)20(13,2)11-9-14-12-17(25-4)26-19(14)24/h5-7,12-13,16-17H,8-11H2,1-4H3,(H,22,23). The number of hydrogen-bond donors (Lipinski definition) is 1. The lowest BCUT2D eigenvalue weighted by Gasteiger charge is -2.56. The molecule has 1 N–H and O–H groups in total. The molecule has 5 unspecified atom stereocenters. The molecular weight excluding hydrogens is 332 g/mol. The van der Waals surface area contributed by atoms with Crippen LogP contribution >= 0.6 is 0 Å². The van der Waals surface area contributed by atoms with Gasteiger partial charge >= 0.3 is 11.9 Å². The van der Waals surface area contributed by atoms with Crippen molar-refractivity contribution in [3.63, 3.8) is 0 Å². The second-order valence-corrected chi connectivity index (χ2v) is 8.31. The van der Waals surface area contributed by atoms with Crippen molar-refractivity contribution in [2.45, 2.75) is 52.7 Å². The zero-order valence-corrected chi connectivity index (χ0v) is 16.0. The molecule has 142 valence electrons. The Labute approximate surface area is 154 Å². The Balaban J connectivity index is 1.85. The van der Waals surface area contributed by atoms with Gasteiger partial charge in [-0.2, -0.15) is 0 Å². The van der Waals surface area contributed by atoms with Crippen molar-refractivity contribution in [2.24, 2.45) is 22.7 Å². The third kappa shape index (κ3) is 2.92. The summed E-state index contributed by atoms with van der Waals surface area (Å²) in [5, 5.41) is 9.69. The van der Waals surface area contributed by atoms with Crippen LogP contribution in [0.1, 0.15) is 46.5 Å². The minimum atomic E-state index is -0.830. The largest absolute Gasteiger partial charge is 0.478 e. The Morgan fingerprint density at radius 3 is 2.77 bits per heavy atom. The predicted molar refractivity (Wildman–Crippen MR) is 97.2 cm³/mol. The Bertz CT molecular complexity index is 703. The number of carboxylic acids is 1. The van der Waals surface area contributed by atoms with Crippen LogP contribution in [-0.2, 0) is 19.1 Å². The minimum Gasteiger partial charge on any atom is -0.478 e. The summed E-state index contributed by atoms with van der Waals surface area (Å²) in [6.07, 6.45) is 10.2. The molecule has 1 saturated carbocycles. The fraction of sp³-hybridized carbons (Fsp3) is 0.619. The van der Waals surface area contributed by atoms with E-state index in [0.29, 0.717) is 23.5 Å². The van der Waals surface area contributed by atoms with Crippen LogP contribution in [-0.4, -0.2) is 30.4 Å². The number of ether oxygens (including phenoxy) is 2. The normalized spacial score (nSPS) is 39.1. The summed E-state index contributed by atoms with van der Waals surface area (Å²) in [6.45, 7) is 6.56. The third-order valence-corrected chi connectivity index (χ3v) is 7.02. The minimum absolute atomic E-state index is 0.0925. The number of esters is 1. The van der Waals surface area contributed by atoms with E-state index in [1.54, 1.807) is 12.2 Å². The fourth-order valence-electron chi connectivity index (χ4n) is 5.09. The molecule has 0 aromatic rings. The molecule has 3 rings (SSSR count). The van der Waals surface area contributed by atoms with Crippen molar-refractivity contribution >= 4 is 11.9 Å². The van der Waals surface area contributed by atoms with E-state index in [0.717, 1.165) is 19.3 Å². The van der Waals surface area contributed by atoms with Crippen LogP contribution in [0.4, 0.5) is 0 Å². The molecule has 3 aliphatic rings. The summed E-state index contributed by atoms with van der Waals surface area (Å²) >= 11 is 0. The zero-order valence-electron chi connectivity index (χ0n) is 16.0. The van der Waals surface area contributed by atoms with Gasteiger partial charge in [0.05, 0.1) is 0 Å². The molecule has 0 saturated heterocycles. The van der Waals surface area contributed by atoms with Gasteiger partial charge in [-0.3, -0.25) is 0 Å². The highest BCUT2D eigenvalue weighted by molar-refractivity contribution is 5.90. The lowest BCUT2D eigenvalue weighted by atomic mass is 9.48. The van der Waals surface area contributed by atoms with Gasteiger partial charge in [0.25, 0.3) is 0 Å². The van der Waals surface area contributed by atoms with E-state index in [4.69, 9.17) is 9.47 Å². The molecule has 5 nitrogen and oxygen atoms in total. The van der Waals surface area contributed by atoms with Gasteiger partial charge in [0.15, 0.2) is 0 Å². The van der Waals surface area contributed by atoms with Crippen LogP contribution in [0.15, 0.2) is 35.5 Å². The molecule has 26 heavy (non-hydrogen) atoms. The highest BCUT2D eigenvalue weighted by Crippen LogP contribution is 2.60. The van der Waals surface area contributed by atoms with Crippen LogP contribution in [0.2, 0.25) is 0 Å². The number of fused-ring (bicyclic) bond motifs is 1. The quantitative estimate of drug-likeness (QED) is 0.754. The first-order valence-electron chi connectivity index (χ1n) is 9.29. The predicted octanol–water partition coefficient (Wildman–Crippen LogP) is 3.86.